The molecule has 2 rings (SSSR count). The standard InChI is InChI=1S/C16H21FN2O3/c1-18(9-12-5-2-3-7-14(12)17)15(20)11-19-8-4-6-13(10-19)16(21)22/h2-3,5,7,13H,4,6,8-11H2,1H3,(H,21,22)/t13-/m1/s1. The molecule has 0 radical (unpaired) electrons. The lowest BCUT2D eigenvalue weighted by molar-refractivity contribution is -0.144. The topological polar surface area (TPSA) is 60.9 Å². The number of likely N-dealkylation sites (N-methyl/N-ethyl adjacent to an activating group) is 1. The van der Waals surface area contributed by atoms with E-state index in [1.807, 2.05) is 4.90 Å². The van der Waals surface area contributed by atoms with Crippen LogP contribution in [0.3, 0.4) is 0 Å². The van der Waals surface area contributed by atoms with Gasteiger partial charge in [0.05, 0.1) is 12.5 Å². The summed E-state index contributed by atoms with van der Waals surface area (Å²) >= 11 is 0. The third-order valence-electron chi connectivity index (χ3n) is 4.00. The van der Waals surface area contributed by atoms with Crippen LogP contribution in [-0.2, 0) is 16.1 Å². The number of halogens is 1. The number of hydrogen-bond acceptors (Lipinski definition) is 3. The van der Waals surface area contributed by atoms with Crippen LogP contribution in [-0.4, -0.2) is 53.5 Å². The number of carboxylic acid groups (broad SMARTS) is 1. The molecule has 1 fully saturated rings. The first-order valence-corrected chi connectivity index (χ1v) is 7.40. The number of rotatable bonds is 5. The molecule has 1 aliphatic heterocycles. The molecule has 0 spiro atoms. The zero-order valence-electron chi connectivity index (χ0n) is 12.7. The van der Waals surface area contributed by atoms with Gasteiger partial charge in [0.15, 0.2) is 0 Å². The van der Waals surface area contributed by atoms with Gasteiger partial charge in [-0.1, -0.05) is 18.2 Å². The number of benzene rings is 1. The number of carbonyl (C=O) groups is 2. The zero-order valence-corrected chi connectivity index (χ0v) is 12.7. The highest BCUT2D eigenvalue weighted by atomic mass is 19.1. The molecule has 1 saturated heterocycles. The van der Waals surface area contributed by atoms with Crippen LogP contribution in [0.25, 0.3) is 0 Å². The van der Waals surface area contributed by atoms with Gasteiger partial charge in [0.25, 0.3) is 0 Å². The zero-order chi connectivity index (χ0) is 16.1. The summed E-state index contributed by atoms with van der Waals surface area (Å²) < 4.78 is 13.6. The molecular weight excluding hydrogens is 287 g/mol. The van der Waals surface area contributed by atoms with Crippen molar-refractivity contribution in [2.24, 2.45) is 5.92 Å². The van der Waals surface area contributed by atoms with E-state index in [9.17, 15) is 14.0 Å². The quantitative estimate of drug-likeness (QED) is 0.897. The number of hydrogen-bond donors (Lipinski definition) is 1. The number of aliphatic carboxylic acids is 1. The van der Waals surface area contributed by atoms with Crippen molar-refractivity contribution in [3.05, 3.63) is 35.6 Å². The fourth-order valence-corrected chi connectivity index (χ4v) is 2.68. The average Bonchev–Trinajstić information content (AvgIpc) is 2.49. The van der Waals surface area contributed by atoms with Crippen LogP contribution in [0.5, 0.6) is 0 Å². The largest absolute Gasteiger partial charge is 0.481 e. The number of nitrogens with zero attached hydrogens (tertiary/aromatic N) is 2. The minimum Gasteiger partial charge on any atom is -0.481 e. The van der Waals surface area contributed by atoms with Gasteiger partial charge in [-0.25, -0.2) is 4.39 Å². The fourth-order valence-electron chi connectivity index (χ4n) is 2.68. The summed E-state index contributed by atoms with van der Waals surface area (Å²) in [5.74, 6) is -1.67. The van der Waals surface area contributed by atoms with E-state index in [-0.39, 0.29) is 24.8 Å². The molecule has 1 amide bonds. The molecule has 1 heterocycles. The summed E-state index contributed by atoms with van der Waals surface area (Å²) in [7, 11) is 1.63. The normalized spacial score (nSPS) is 18.9. The van der Waals surface area contributed by atoms with Crippen molar-refractivity contribution in [3.63, 3.8) is 0 Å². The van der Waals surface area contributed by atoms with E-state index in [1.54, 1.807) is 25.2 Å². The molecule has 1 atom stereocenters. The predicted molar refractivity (Wildman–Crippen MR) is 79.7 cm³/mol. The highest BCUT2D eigenvalue weighted by Crippen LogP contribution is 2.17. The minimum atomic E-state index is -0.808. The Balaban J connectivity index is 1.88. The highest BCUT2D eigenvalue weighted by molar-refractivity contribution is 5.78. The average molecular weight is 308 g/mol. The van der Waals surface area contributed by atoms with E-state index < -0.39 is 11.9 Å². The second kappa shape index (κ2) is 7.35. The van der Waals surface area contributed by atoms with Crippen molar-refractivity contribution in [2.75, 3.05) is 26.7 Å². The first kappa shape index (κ1) is 16.4. The maximum absolute atomic E-state index is 13.6. The summed E-state index contributed by atoms with van der Waals surface area (Å²) in [4.78, 5) is 26.6. The summed E-state index contributed by atoms with van der Waals surface area (Å²) in [6, 6.07) is 6.37. The van der Waals surface area contributed by atoms with E-state index in [0.29, 0.717) is 18.5 Å². The lowest BCUT2D eigenvalue weighted by Gasteiger charge is -2.31. The second-order valence-corrected chi connectivity index (χ2v) is 5.75. The van der Waals surface area contributed by atoms with E-state index in [4.69, 9.17) is 5.11 Å². The third-order valence-corrected chi connectivity index (χ3v) is 4.00. The van der Waals surface area contributed by atoms with Crippen molar-refractivity contribution in [1.82, 2.24) is 9.80 Å². The van der Waals surface area contributed by atoms with Gasteiger partial charge in [0, 0.05) is 25.7 Å². The molecule has 1 N–H and O–H groups in total. The second-order valence-electron chi connectivity index (χ2n) is 5.75. The first-order valence-electron chi connectivity index (χ1n) is 7.40. The maximum atomic E-state index is 13.6. The molecule has 1 aliphatic rings. The monoisotopic (exact) mass is 308 g/mol. The predicted octanol–water partition coefficient (Wildman–Crippen LogP) is 1.58. The van der Waals surface area contributed by atoms with Crippen LogP contribution >= 0.6 is 0 Å². The lowest BCUT2D eigenvalue weighted by Crippen LogP contribution is -2.44. The van der Waals surface area contributed by atoms with Crippen molar-refractivity contribution in [1.29, 1.82) is 0 Å². The molecule has 0 aliphatic carbocycles. The van der Waals surface area contributed by atoms with Crippen LogP contribution in [0.15, 0.2) is 24.3 Å². The fraction of sp³-hybridized carbons (Fsp3) is 0.500. The van der Waals surface area contributed by atoms with Gasteiger partial charge in [-0.05, 0) is 25.5 Å². The number of carboxylic acids is 1. The minimum absolute atomic E-state index is 0.130. The summed E-state index contributed by atoms with van der Waals surface area (Å²) in [6.07, 6.45) is 1.44. The van der Waals surface area contributed by atoms with Gasteiger partial charge >= 0.3 is 5.97 Å². The Morgan fingerprint density at radius 2 is 2.14 bits per heavy atom. The molecule has 22 heavy (non-hydrogen) atoms. The molecule has 0 bridgehead atoms. The number of amides is 1. The Hall–Kier alpha value is -1.95. The third kappa shape index (κ3) is 4.27. The van der Waals surface area contributed by atoms with E-state index in [1.165, 1.54) is 11.0 Å². The molecule has 0 aromatic heterocycles. The van der Waals surface area contributed by atoms with E-state index in [2.05, 4.69) is 0 Å². The van der Waals surface area contributed by atoms with Crippen molar-refractivity contribution < 1.29 is 19.1 Å². The van der Waals surface area contributed by atoms with Crippen molar-refractivity contribution >= 4 is 11.9 Å². The Kier molecular flexibility index (Phi) is 5.49. The van der Waals surface area contributed by atoms with Crippen LogP contribution in [0.4, 0.5) is 4.39 Å². The highest BCUT2D eigenvalue weighted by Gasteiger charge is 2.27. The van der Waals surface area contributed by atoms with Crippen molar-refractivity contribution in [2.45, 2.75) is 19.4 Å². The van der Waals surface area contributed by atoms with E-state index in [0.717, 1.165) is 13.0 Å². The van der Waals surface area contributed by atoms with Crippen molar-refractivity contribution in [3.8, 4) is 0 Å². The Labute approximate surface area is 129 Å². The number of carbonyl (C=O) groups excluding carboxylic acids is 1. The Morgan fingerprint density at radius 1 is 1.41 bits per heavy atom. The molecule has 1 aromatic rings. The SMILES string of the molecule is CN(Cc1ccccc1F)C(=O)CN1CCC[C@@H](C(=O)O)C1. The molecule has 0 saturated carbocycles. The van der Waals surface area contributed by atoms with Gasteiger partial charge in [-0.2, -0.15) is 0 Å². The number of piperidine rings is 1. The first-order chi connectivity index (χ1) is 10.5. The molecule has 5 nitrogen and oxygen atoms in total. The van der Waals surface area contributed by atoms with Crippen LogP contribution in [0.1, 0.15) is 18.4 Å². The molecular formula is C16H21FN2O3. The van der Waals surface area contributed by atoms with Gasteiger partial charge in [0.1, 0.15) is 5.82 Å². The molecule has 6 heteroatoms. The number of likely N-dealkylation sites (tertiary alicyclic amines) is 1. The lowest BCUT2D eigenvalue weighted by atomic mass is 9.98. The molecule has 120 valence electrons. The molecule has 0 unspecified atom stereocenters. The summed E-state index contributed by atoms with van der Waals surface area (Å²) in [6.45, 7) is 1.51. The van der Waals surface area contributed by atoms with Gasteiger partial charge < -0.3 is 10.0 Å². The molecule has 1 aromatic carbocycles. The Bertz CT molecular complexity index is 550. The summed E-state index contributed by atoms with van der Waals surface area (Å²) in [5.41, 5.74) is 0.473. The van der Waals surface area contributed by atoms with Gasteiger partial charge in [-0.15, -0.1) is 0 Å². The van der Waals surface area contributed by atoms with Crippen LogP contribution < -0.4 is 0 Å². The maximum Gasteiger partial charge on any atom is 0.307 e. The van der Waals surface area contributed by atoms with Crippen LogP contribution in [0, 0.1) is 11.7 Å². The van der Waals surface area contributed by atoms with Crippen LogP contribution in [0.2, 0.25) is 0 Å². The summed E-state index contributed by atoms with van der Waals surface area (Å²) in [5, 5.41) is 9.06. The van der Waals surface area contributed by atoms with E-state index >= 15 is 0 Å². The van der Waals surface area contributed by atoms with Gasteiger partial charge in [-0.3, -0.25) is 14.5 Å². The van der Waals surface area contributed by atoms with Gasteiger partial charge in [0.2, 0.25) is 5.91 Å². The smallest absolute Gasteiger partial charge is 0.307 e. The Morgan fingerprint density at radius 3 is 2.82 bits per heavy atom.